The van der Waals surface area contributed by atoms with Crippen LogP contribution in [0.1, 0.15) is 50.5 Å². The molecule has 2 aliphatic heterocycles. The smallest absolute Gasteiger partial charge is 0.293 e. The predicted octanol–water partition coefficient (Wildman–Crippen LogP) is 3.50. The SMILES string of the molecule is CCS(=O)(=O)CC1C=CN=C2O[C@H](COc3ccc(C4CCCCC4)cc3)CN21. The Morgan fingerprint density at radius 3 is 2.66 bits per heavy atom. The van der Waals surface area contributed by atoms with Crippen LogP contribution in [0.25, 0.3) is 0 Å². The van der Waals surface area contributed by atoms with E-state index in [9.17, 15) is 8.42 Å². The van der Waals surface area contributed by atoms with Gasteiger partial charge in [-0.25, -0.2) is 13.4 Å². The molecule has 29 heavy (non-hydrogen) atoms. The van der Waals surface area contributed by atoms with E-state index in [1.807, 2.05) is 23.1 Å². The largest absolute Gasteiger partial charge is 0.490 e. The number of benzene rings is 1. The van der Waals surface area contributed by atoms with Crippen LogP contribution >= 0.6 is 0 Å². The Hall–Kier alpha value is -2.02. The predicted molar refractivity (Wildman–Crippen MR) is 114 cm³/mol. The molecule has 1 aliphatic carbocycles. The second-order valence-corrected chi connectivity index (χ2v) is 10.5. The Balaban J connectivity index is 1.31. The van der Waals surface area contributed by atoms with Crippen LogP contribution < -0.4 is 4.74 Å². The number of amidine groups is 1. The number of aliphatic imine (C=N–C) groups is 1. The number of ether oxygens (including phenoxy) is 2. The lowest BCUT2D eigenvalue weighted by atomic mass is 9.84. The van der Waals surface area contributed by atoms with Crippen molar-refractivity contribution in [2.24, 2.45) is 4.99 Å². The summed E-state index contributed by atoms with van der Waals surface area (Å²) in [6.45, 7) is 2.66. The van der Waals surface area contributed by atoms with Gasteiger partial charge in [0.2, 0.25) is 0 Å². The van der Waals surface area contributed by atoms with Crippen molar-refractivity contribution >= 4 is 15.9 Å². The first-order chi connectivity index (χ1) is 14.0. The maximum absolute atomic E-state index is 12.0. The van der Waals surface area contributed by atoms with Gasteiger partial charge in [0.1, 0.15) is 12.4 Å². The summed E-state index contributed by atoms with van der Waals surface area (Å²) in [7, 11) is -3.08. The summed E-state index contributed by atoms with van der Waals surface area (Å²) in [5, 5.41) is 0. The van der Waals surface area contributed by atoms with Crippen molar-refractivity contribution in [1.29, 1.82) is 0 Å². The van der Waals surface area contributed by atoms with E-state index in [1.165, 1.54) is 37.7 Å². The van der Waals surface area contributed by atoms with Crippen LogP contribution in [0.5, 0.6) is 5.75 Å². The Morgan fingerprint density at radius 2 is 1.93 bits per heavy atom. The van der Waals surface area contributed by atoms with Gasteiger partial charge in [0.05, 0.1) is 18.3 Å². The second-order valence-electron chi connectivity index (χ2n) is 8.13. The average Bonchev–Trinajstić information content (AvgIpc) is 3.17. The minimum Gasteiger partial charge on any atom is -0.490 e. The first-order valence-corrected chi connectivity index (χ1v) is 12.5. The standard InChI is InChI=1S/C22H30N2O4S/c1-2-29(25,26)16-19-12-13-23-22-24(19)14-21(28-22)15-27-20-10-8-18(9-11-20)17-6-4-3-5-7-17/h8-13,17,19,21H,2-7,14-16H2,1H3/t19?,21-/m0/s1. The van der Waals surface area contributed by atoms with E-state index in [4.69, 9.17) is 9.47 Å². The van der Waals surface area contributed by atoms with E-state index in [2.05, 4.69) is 17.1 Å². The number of fused-ring (bicyclic) bond motifs is 1. The van der Waals surface area contributed by atoms with Crippen molar-refractivity contribution in [3.05, 3.63) is 42.1 Å². The molecule has 7 heteroatoms. The second kappa shape index (κ2) is 8.78. The number of rotatable bonds is 7. The maximum atomic E-state index is 12.0. The summed E-state index contributed by atoms with van der Waals surface area (Å²) in [5.41, 5.74) is 1.41. The number of hydrogen-bond acceptors (Lipinski definition) is 6. The van der Waals surface area contributed by atoms with Gasteiger partial charge in [-0.05, 0) is 42.5 Å². The third kappa shape index (κ3) is 4.94. The fourth-order valence-electron chi connectivity index (χ4n) is 4.31. The first-order valence-electron chi connectivity index (χ1n) is 10.6. The van der Waals surface area contributed by atoms with E-state index >= 15 is 0 Å². The molecule has 6 nitrogen and oxygen atoms in total. The third-order valence-electron chi connectivity index (χ3n) is 6.07. The van der Waals surface area contributed by atoms with Gasteiger partial charge in [0.15, 0.2) is 15.9 Å². The summed E-state index contributed by atoms with van der Waals surface area (Å²) >= 11 is 0. The Kier molecular flexibility index (Phi) is 6.13. The molecule has 2 fully saturated rings. The van der Waals surface area contributed by atoms with Crippen molar-refractivity contribution in [1.82, 2.24) is 4.90 Å². The quantitative estimate of drug-likeness (QED) is 0.678. The average molecular weight is 419 g/mol. The lowest BCUT2D eigenvalue weighted by Crippen LogP contribution is -2.42. The molecule has 2 heterocycles. The van der Waals surface area contributed by atoms with Crippen LogP contribution in [0.4, 0.5) is 0 Å². The summed E-state index contributed by atoms with van der Waals surface area (Å²) in [5.74, 6) is 1.75. The molecule has 0 spiro atoms. The van der Waals surface area contributed by atoms with E-state index in [-0.39, 0.29) is 23.7 Å². The summed E-state index contributed by atoms with van der Waals surface area (Å²) in [6, 6.07) is 8.72. The van der Waals surface area contributed by atoms with Crippen LogP contribution in [-0.2, 0) is 14.6 Å². The molecule has 158 valence electrons. The zero-order valence-electron chi connectivity index (χ0n) is 17.0. The summed E-state index contributed by atoms with van der Waals surface area (Å²) in [6.07, 6.45) is 9.90. The molecule has 1 aromatic rings. The monoisotopic (exact) mass is 418 g/mol. The normalized spacial score (nSPS) is 24.7. The lowest BCUT2D eigenvalue weighted by molar-refractivity contribution is 0.145. The van der Waals surface area contributed by atoms with Crippen molar-refractivity contribution in [3.8, 4) is 5.75 Å². The number of hydrogen-bond donors (Lipinski definition) is 0. The Bertz CT molecular complexity index is 857. The molecule has 4 rings (SSSR count). The molecular formula is C22H30N2O4S. The topological polar surface area (TPSA) is 68.2 Å². The molecule has 0 N–H and O–H groups in total. The zero-order valence-corrected chi connectivity index (χ0v) is 17.8. The highest BCUT2D eigenvalue weighted by molar-refractivity contribution is 7.91. The molecule has 1 saturated carbocycles. The van der Waals surface area contributed by atoms with Gasteiger partial charge in [-0.15, -0.1) is 0 Å². The molecule has 1 unspecified atom stereocenters. The molecule has 0 bridgehead atoms. The fourth-order valence-corrected chi connectivity index (χ4v) is 5.36. The van der Waals surface area contributed by atoms with Gasteiger partial charge in [-0.3, -0.25) is 0 Å². The molecule has 3 aliphatic rings. The zero-order chi connectivity index (χ0) is 20.3. The molecular weight excluding hydrogens is 388 g/mol. The maximum Gasteiger partial charge on any atom is 0.293 e. The highest BCUT2D eigenvalue weighted by atomic mass is 32.2. The van der Waals surface area contributed by atoms with Crippen LogP contribution in [0.2, 0.25) is 0 Å². The van der Waals surface area contributed by atoms with Crippen LogP contribution in [0, 0.1) is 0 Å². The van der Waals surface area contributed by atoms with E-state index in [0.717, 1.165) is 5.75 Å². The molecule has 2 atom stereocenters. The van der Waals surface area contributed by atoms with Crippen molar-refractivity contribution < 1.29 is 17.9 Å². The van der Waals surface area contributed by atoms with Crippen molar-refractivity contribution in [2.75, 3.05) is 24.7 Å². The van der Waals surface area contributed by atoms with Crippen LogP contribution in [-0.4, -0.2) is 56.1 Å². The summed E-state index contributed by atoms with van der Waals surface area (Å²) in [4.78, 5) is 6.18. The van der Waals surface area contributed by atoms with Crippen LogP contribution in [0.15, 0.2) is 41.5 Å². The Labute approximate surface area is 173 Å². The lowest BCUT2D eigenvalue weighted by Gasteiger charge is -2.26. The first kappa shape index (κ1) is 20.3. The van der Waals surface area contributed by atoms with Crippen molar-refractivity contribution in [3.63, 3.8) is 0 Å². The highest BCUT2D eigenvalue weighted by Gasteiger charge is 2.37. The van der Waals surface area contributed by atoms with Gasteiger partial charge in [-0.2, -0.15) is 0 Å². The summed E-state index contributed by atoms with van der Waals surface area (Å²) < 4.78 is 35.9. The minimum absolute atomic E-state index is 0.0819. The molecule has 1 aromatic carbocycles. The van der Waals surface area contributed by atoms with E-state index in [0.29, 0.717) is 25.1 Å². The number of nitrogens with zero attached hydrogens (tertiary/aromatic N) is 2. The third-order valence-corrected chi connectivity index (χ3v) is 7.80. The van der Waals surface area contributed by atoms with Gasteiger partial charge < -0.3 is 14.4 Å². The van der Waals surface area contributed by atoms with E-state index in [1.54, 1.807) is 13.1 Å². The fraction of sp³-hybridized carbons (Fsp3) is 0.591. The van der Waals surface area contributed by atoms with Crippen LogP contribution in [0.3, 0.4) is 0 Å². The van der Waals surface area contributed by atoms with E-state index < -0.39 is 9.84 Å². The molecule has 0 radical (unpaired) electrons. The van der Waals surface area contributed by atoms with Gasteiger partial charge in [0, 0.05) is 12.0 Å². The Morgan fingerprint density at radius 1 is 1.17 bits per heavy atom. The molecule has 1 saturated heterocycles. The van der Waals surface area contributed by atoms with Crippen molar-refractivity contribution in [2.45, 2.75) is 57.1 Å². The highest BCUT2D eigenvalue weighted by Crippen LogP contribution is 2.33. The molecule has 0 amide bonds. The number of sulfone groups is 1. The van der Waals surface area contributed by atoms with Gasteiger partial charge >= 0.3 is 0 Å². The van der Waals surface area contributed by atoms with Gasteiger partial charge in [-0.1, -0.05) is 38.3 Å². The van der Waals surface area contributed by atoms with Gasteiger partial charge in [0.25, 0.3) is 6.02 Å². The molecule has 0 aromatic heterocycles. The minimum atomic E-state index is -3.08.